The van der Waals surface area contributed by atoms with Crippen molar-refractivity contribution in [2.45, 2.75) is 103 Å². The van der Waals surface area contributed by atoms with Crippen molar-refractivity contribution in [1.29, 1.82) is 0 Å². The quantitative estimate of drug-likeness (QED) is 0.236. The lowest BCUT2D eigenvalue weighted by molar-refractivity contribution is -0.147. The van der Waals surface area contributed by atoms with E-state index in [4.69, 9.17) is 5.73 Å². The highest BCUT2D eigenvalue weighted by atomic mass is 32.2. The number of hydrogen-bond acceptors (Lipinski definition) is 7. The molecule has 0 aromatic rings. The third-order valence-corrected chi connectivity index (χ3v) is 7.49. The van der Waals surface area contributed by atoms with Gasteiger partial charge in [-0.1, -0.05) is 34.6 Å². The van der Waals surface area contributed by atoms with Crippen LogP contribution in [0, 0.1) is 11.8 Å². The molecule has 12 heteroatoms. The summed E-state index contributed by atoms with van der Waals surface area (Å²) in [4.78, 5) is 69.0. The Labute approximate surface area is 238 Å². The van der Waals surface area contributed by atoms with Gasteiger partial charge in [-0.25, -0.2) is 0 Å². The zero-order valence-electron chi connectivity index (χ0n) is 25.6. The zero-order valence-corrected chi connectivity index (χ0v) is 26.4. The lowest BCUT2D eigenvalue weighted by Gasteiger charge is -2.37. The Bertz CT molecular complexity index is 860. The van der Waals surface area contributed by atoms with Gasteiger partial charge in [-0.3, -0.25) is 24.0 Å². The van der Waals surface area contributed by atoms with Gasteiger partial charge >= 0.3 is 0 Å². The van der Waals surface area contributed by atoms with Crippen molar-refractivity contribution in [2.24, 2.45) is 17.6 Å². The van der Waals surface area contributed by atoms with E-state index in [0.29, 0.717) is 12.8 Å². The number of carbonyl (C=O) groups excluding carboxylic acids is 5. The van der Waals surface area contributed by atoms with Crippen LogP contribution in [0.5, 0.6) is 0 Å². The minimum atomic E-state index is -1.32. The SMILES string of the molecule is CCCC(=O)N(C)[C@@H](SC)C(=O)N(C)[C@@H](CC(C)(C)O)C(=O)N[C@H](C(=O)N(C)[C@@H](CC(C)C)C(N)=O)C(C)C. The molecule has 11 nitrogen and oxygen atoms in total. The number of hydrogen-bond donors (Lipinski definition) is 3. The minimum Gasteiger partial charge on any atom is -0.390 e. The van der Waals surface area contributed by atoms with E-state index in [1.54, 1.807) is 27.2 Å². The molecule has 4 N–H and O–H groups in total. The number of likely N-dealkylation sites (N-methyl/N-ethyl adjacent to an activating group) is 3. The van der Waals surface area contributed by atoms with Crippen LogP contribution in [0.25, 0.3) is 0 Å². The normalized spacial score (nSPS) is 14.8. The minimum absolute atomic E-state index is 0.104. The van der Waals surface area contributed by atoms with Crippen LogP contribution in [0.4, 0.5) is 0 Å². The fraction of sp³-hybridized carbons (Fsp3) is 0.815. The maximum Gasteiger partial charge on any atom is 0.256 e. The number of primary amides is 1. The first-order valence-corrected chi connectivity index (χ1v) is 14.7. The van der Waals surface area contributed by atoms with E-state index in [9.17, 15) is 29.1 Å². The van der Waals surface area contributed by atoms with Crippen molar-refractivity contribution in [1.82, 2.24) is 20.0 Å². The number of nitrogens with zero attached hydrogens (tertiary/aromatic N) is 3. The Morgan fingerprint density at radius 1 is 0.923 bits per heavy atom. The van der Waals surface area contributed by atoms with E-state index in [1.807, 2.05) is 20.8 Å². The molecule has 5 amide bonds. The standard InChI is InChI=1S/C27H51N5O6S/c1-12-13-20(33)32(10)26(39-11)25(37)31(9)19(15-27(6,7)38)23(35)29-21(17(4)5)24(36)30(8)18(22(28)34)14-16(2)3/h16-19,21,26,38H,12-15H2,1-11H3,(H2,28,34)(H,29,35)/t18-,19-,21-,26-/m0/s1. The Morgan fingerprint density at radius 3 is 1.82 bits per heavy atom. The lowest BCUT2D eigenvalue weighted by Crippen LogP contribution is -2.60. The number of nitrogens with one attached hydrogen (secondary N) is 1. The molecule has 0 aromatic carbocycles. The van der Waals surface area contributed by atoms with Gasteiger partial charge in [0, 0.05) is 34.0 Å². The van der Waals surface area contributed by atoms with Gasteiger partial charge in [0.05, 0.1) is 5.60 Å². The molecule has 0 heterocycles. The van der Waals surface area contributed by atoms with Gasteiger partial charge in [0.2, 0.25) is 23.6 Å². The molecule has 0 saturated carbocycles. The monoisotopic (exact) mass is 573 g/mol. The molecule has 0 unspecified atom stereocenters. The van der Waals surface area contributed by atoms with Crippen LogP contribution < -0.4 is 11.1 Å². The number of thioether (sulfide) groups is 1. The number of rotatable bonds is 16. The zero-order chi connectivity index (χ0) is 30.8. The Kier molecular flexibility index (Phi) is 15.1. The molecule has 226 valence electrons. The summed E-state index contributed by atoms with van der Waals surface area (Å²) in [5.74, 6) is -2.66. The van der Waals surface area contributed by atoms with E-state index < -0.39 is 52.7 Å². The molecular formula is C27H51N5O6S. The largest absolute Gasteiger partial charge is 0.390 e. The second-order valence-electron chi connectivity index (χ2n) is 11.6. The van der Waals surface area contributed by atoms with Crippen LogP contribution in [0.15, 0.2) is 0 Å². The average molecular weight is 574 g/mol. The van der Waals surface area contributed by atoms with Crippen molar-refractivity contribution in [3.05, 3.63) is 0 Å². The molecule has 0 aliphatic carbocycles. The summed E-state index contributed by atoms with van der Waals surface area (Å²) in [6.45, 7) is 12.3. The van der Waals surface area contributed by atoms with Gasteiger partial charge in [-0.2, -0.15) is 0 Å². The smallest absolute Gasteiger partial charge is 0.256 e. The molecule has 0 aliphatic heterocycles. The first-order chi connectivity index (χ1) is 17.8. The highest BCUT2D eigenvalue weighted by molar-refractivity contribution is 7.99. The second kappa shape index (κ2) is 16.1. The molecular weight excluding hydrogens is 522 g/mol. The van der Waals surface area contributed by atoms with E-state index in [2.05, 4.69) is 5.32 Å². The third kappa shape index (κ3) is 11.4. The summed E-state index contributed by atoms with van der Waals surface area (Å²) in [6.07, 6.45) is 2.88. The first kappa shape index (κ1) is 36.7. The fourth-order valence-corrected chi connectivity index (χ4v) is 5.00. The van der Waals surface area contributed by atoms with Crippen molar-refractivity contribution < 1.29 is 29.1 Å². The number of aliphatic hydroxyl groups is 1. The average Bonchev–Trinajstić information content (AvgIpc) is 2.82. The summed E-state index contributed by atoms with van der Waals surface area (Å²) < 4.78 is 0. The van der Waals surface area contributed by atoms with Gasteiger partial charge in [-0.05, 0) is 44.8 Å². The van der Waals surface area contributed by atoms with Crippen LogP contribution in [-0.2, 0) is 24.0 Å². The molecule has 0 aromatic heterocycles. The molecule has 39 heavy (non-hydrogen) atoms. The van der Waals surface area contributed by atoms with Crippen molar-refractivity contribution >= 4 is 41.3 Å². The van der Waals surface area contributed by atoms with Crippen LogP contribution in [-0.4, -0.2) is 106 Å². The fourth-order valence-electron chi connectivity index (χ4n) is 4.20. The van der Waals surface area contributed by atoms with Crippen LogP contribution >= 0.6 is 11.8 Å². The summed E-state index contributed by atoms with van der Waals surface area (Å²) in [6, 6.07) is -2.98. The van der Waals surface area contributed by atoms with Gasteiger partial charge in [-0.15, -0.1) is 11.8 Å². The summed E-state index contributed by atoms with van der Waals surface area (Å²) >= 11 is 1.17. The summed E-state index contributed by atoms with van der Waals surface area (Å²) in [5.41, 5.74) is 4.25. The van der Waals surface area contributed by atoms with E-state index in [1.165, 1.54) is 54.4 Å². The molecule has 0 radical (unpaired) electrons. The van der Waals surface area contributed by atoms with Gasteiger partial charge < -0.3 is 30.9 Å². The van der Waals surface area contributed by atoms with Gasteiger partial charge in [0.1, 0.15) is 18.1 Å². The summed E-state index contributed by atoms with van der Waals surface area (Å²) in [7, 11) is 4.48. The lowest BCUT2D eigenvalue weighted by atomic mass is 9.95. The predicted octanol–water partition coefficient (Wildman–Crippen LogP) is 1.42. The highest BCUT2D eigenvalue weighted by Crippen LogP contribution is 2.22. The van der Waals surface area contributed by atoms with Crippen LogP contribution in [0.1, 0.15) is 74.1 Å². The molecule has 0 aliphatic rings. The number of nitrogens with two attached hydrogens (primary N) is 1. The Morgan fingerprint density at radius 2 is 1.44 bits per heavy atom. The Balaban J connectivity index is 6.17. The highest BCUT2D eigenvalue weighted by Gasteiger charge is 2.39. The maximum absolute atomic E-state index is 13.6. The van der Waals surface area contributed by atoms with Crippen molar-refractivity contribution in [3.8, 4) is 0 Å². The van der Waals surface area contributed by atoms with Crippen molar-refractivity contribution in [2.75, 3.05) is 27.4 Å². The molecule has 0 bridgehead atoms. The van der Waals surface area contributed by atoms with Gasteiger partial charge in [0.15, 0.2) is 5.37 Å². The number of carbonyl (C=O) groups is 5. The topological polar surface area (TPSA) is 153 Å². The van der Waals surface area contributed by atoms with E-state index >= 15 is 0 Å². The molecule has 0 saturated heterocycles. The van der Waals surface area contributed by atoms with Crippen LogP contribution in [0.3, 0.4) is 0 Å². The van der Waals surface area contributed by atoms with E-state index in [-0.39, 0.29) is 30.6 Å². The van der Waals surface area contributed by atoms with Crippen LogP contribution in [0.2, 0.25) is 0 Å². The Hall–Kier alpha value is -2.34. The first-order valence-electron chi connectivity index (χ1n) is 13.4. The second-order valence-corrected chi connectivity index (χ2v) is 12.5. The van der Waals surface area contributed by atoms with Crippen molar-refractivity contribution in [3.63, 3.8) is 0 Å². The summed E-state index contributed by atoms with van der Waals surface area (Å²) in [5, 5.41) is 12.5. The number of amides is 5. The molecule has 4 atom stereocenters. The molecule has 0 fully saturated rings. The van der Waals surface area contributed by atoms with E-state index in [0.717, 1.165) is 0 Å². The van der Waals surface area contributed by atoms with Gasteiger partial charge in [0.25, 0.3) is 5.91 Å². The predicted molar refractivity (Wildman–Crippen MR) is 154 cm³/mol. The third-order valence-electron chi connectivity index (χ3n) is 6.52. The maximum atomic E-state index is 13.6. The molecule has 0 rings (SSSR count). The molecule has 0 spiro atoms.